The molecule has 5 nitrogen and oxygen atoms in total. The third-order valence-electron chi connectivity index (χ3n) is 2.95. The van der Waals surface area contributed by atoms with Crippen LogP contribution >= 0.6 is 0 Å². The largest absolute Gasteiger partial charge is 0.355 e. The summed E-state index contributed by atoms with van der Waals surface area (Å²) in [5, 5.41) is 11.9. The predicted octanol–water partition coefficient (Wildman–Crippen LogP) is 0.668. The van der Waals surface area contributed by atoms with E-state index < -0.39 is 0 Å². The average molecular weight is 230 g/mol. The van der Waals surface area contributed by atoms with Crippen LogP contribution in [0.5, 0.6) is 0 Å². The molecule has 1 atom stereocenters. The maximum absolute atomic E-state index is 11.8. The van der Waals surface area contributed by atoms with Gasteiger partial charge < -0.3 is 10.2 Å². The van der Waals surface area contributed by atoms with Crippen molar-refractivity contribution in [3.63, 3.8) is 0 Å². The number of carbonyl (C=O) groups excluding carboxylic acids is 1. The van der Waals surface area contributed by atoms with Gasteiger partial charge in [-0.15, -0.1) is 0 Å². The second-order valence-electron chi connectivity index (χ2n) is 3.91. The molecule has 88 valence electrons. The number of nitrogens with one attached hydrogen (secondary N) is 1. The molecule has 1 saturated heterocycles. The summed E-state index contributed by atoms with van der Waals surface area (Å²) < 4.78 is 0. The van der Waals surface area contributed by atoms with E-state index in [0.717, 1.165) is 5.69 Å². The van der Waals surface area contributed by atoms with E-state index in [9.17, 15) is 4.79 Å². The van der Waals surface area contributed by atoms with Crippen LogP contribution in [0.4, 0.5) is 5.69 Å². The van der Waals surface area contributed by atoms with Crippen molar-refractivity contribution in [2.45, 2.75) is 19.4 Å². The Morgan fingerprint density at radius 2 is 2.53 bits per heavy atom. The van der Waals surface area contributed by atoms with Gasteiger partial charge in [0.25, 0.3) is 0 Å². The predicted molar refractivity (Wildman–Crippen MR) is 63.4 cm³/mol. The molecule has 5 heteroatoms. The Morgan fingerprint density at radius 1 is 1.71 bits per heavy atom. The maximum Gasteiger partial charge on any atom is 0.242 e. The second-order valence-corrected chi connectivity index (χ2v) is 3.91. The molecule has 1 amide bonds. The third-order valence-corrected chi connectivity index (χ3v) is 2.95. The highest BCUT2D eigenvalue weighted by Gasteiger charge is 2.29. The lowest BCUT2D eigenvalue weighted by atomic mass is 10.1. The number of piperazine rings is 1. The molecule has 2 heterocycles. The van der Waals surface area contributed by atoms with Crippen molar-refractivity contribution in [1.82, 2.24) is 10.3 Å². The van der Waals surface area contributed by atoms with E-state index in [0.29, 0.717) is 25.1 Å². The Labute approximate surface area is 100 Å². The van der Waals surface area contributed by atoms with Crippen LogP contribution in [-0.4, -0.2) is 30.0 Å². The van der Waals surface area contributed by atoms with Crippen molar-refractivity contribution < 1.29 is 4.79 Å². The van der Waals surface area contributed by atoms with Crippen molar-refractivity contribution >= 4 is 11.6 Å². The summed E-state index contributed by atoms with van der Waals surface area (Å²) in [5.74, 6) is 0.0199. The SMILES string of the molecule is CCC1C(=O)NCCN1c1cnccc1C#N. The minimum absolute atomic E-state index is 0.0199. The second kappa shape index (κ2) is 4.83. The molecular formula is C12H14N4O. The lowest BCUT2D eigenvalue weighted by Gasteiger charge is -2.36. The van der Waals surface area contributed by atoms with Gasteiger partial charge in [0, 0.05) is 19.3 Å². The van der Waals surface area contributed by atoms with E-state index in [-0.39, 0.29) is 11.9 Å². The van der Waals surface area contributed by atoms with Crippen molar-refractivity contribution in [3.05, 3.63) is 24.0 Å². The monoisotopic (exact) mass is 230 g/mol. The smallest absolute Gasteiger partial charge is 0.242 e. The highest BCUT2D eigenvalue weighted by atomic mass is 16.2. The van der Waals surface area contributed by atoms with Crippen LogP contribution in [0.1, 0.15) is 18.9 Å². The van der Waals surface area contributed by atoms with Crippen LogP contribution in [-0.2, 0) is 4.79 Å². The van der Waals surface area contributed by atoms with Crippen LogP contribution in [0.3, 0.4) is 0 Å². The summed E-state index contributed by atoms with van der Waals surface area (Å²) in [6.45, 7) is 3.28. The first-order chi connectivity index (χ1) is 8.27. The quantitative estimate of drug-likeness (QED) is 0.810. The van der Waals surface area contributed by atoms with Crippen molar-refractivity contribution in [3.8, 4) is 6.07 Å². The molecule has 1 aromatic heterocycles. The number of anilines is 1. The average Bonchev–Trinajstić information content (AvgIpc) is 2.38. The minimum atomic E-state index is -0.208. The molecule has 0 bridgehead atoms. The van der Waals surface area contributed by atoms with Crippen molar-refractivity contribution in [2.24, 2.45) is 0 Å². The molecule has 1 aliphatic heterocycles. The fourth-order valence-electron chi connectivity index (χ4n) is 2.12. The molecule has 1 N–H and O–H groups in total. The fraction of sp³-hybridized carbons (Fsp3) is 0.417. The van der Waals surface area contributed by atoms with E-state index in [1.54, 1.807) is 18.5 Å². The Hall–Kier alpha value is -2.09. The van der Waals surface area contributed by atoms with Gasteiger partial charge in [-0.1, -0.05) is 6.92 Å². The molecule has 1 fully saturated rings. The number of hydrogen-bond acceptors (Lipinski definition) is 4. The molecule has 1 unspecified atom stereocenters. The van der Waals surface area contributed by atoms with Crippen LogP contribution < -0.4 is 10.2 Å². The number of amides is 1. The van der Waals surface area contributed by atoms with Crippen LogP contribution in [0, 0.1) is 11.3 Å². The number of nitrogens with zero attached hydrogens (tertiary/aromatic N) is 3. The number of nitriles is 1. The van der Waals surface area contributed by atoms with Crippen molar-refractivity contribution in [2.75, 3.05) is 18.0 Å². The molecular weight excluding hydrogens is 216 g/mol. The maximum atomic E-state index is 11.8. The van der Waals surface area contributed by atoms with Gasteiger partial charge in [0.05, 0.1) is 17.4 Å². The number of pyridine rings is 1. The highest BCUT2D eigenvalue weighted by Crippen LogP contribution is 2.23. The third kappa shape index (κ3) is 2.07. The highest BCUT2D eigenvalue weighted by molar-refractivity contribution is 5.87. The van der Waals surface area contributed by atoms with Crippen LogP contribution in [0.15, 0.2) is 18.5 Å². The van der Waals surface area contributed by atoms with Crippen molar-refractivity contribution in [1.29, 1.82) is 5.26 Å². The van der Waals surface area contributed by atoms with Crippen LogP contribution in [0.2, 0.25) is 0 Å². The van der Waals surface area contributed by atoms with E-state index in [1.165, 1.54) is 0 Å². The number of hydrogen-bond donors (Lipinski definition) is 1. The number of rotatable bonds is 2. The fourth-order valence-corrected chi connectivity index (χ4v) is 2.12. The first-order valence-electron chi connectivity index (χ1n) is 5.66. The Balaban J connectivity index is 2.37. The molecule has 0 radical (unpaired) electrons. The van der Waals surface area contributed by atoms with Gasteiger partial charge in [-0.25, -0.2) is 0 Å². The van der Waals surface area contributed by atoms with Gasteiger partial charge in [-0.3, -0.25) is 9.78 Å². The van der Waals surface area contributed by atoms with E-state index in [4.69, 9.17) is 5.26 Å². The summed E-state index contributed by atoms with van der Waals surface area (Å²) in [4.78, 5) is 17.8. The molecule has 1 aromatic rings. The molecule has 0 aliphatic carbocycles. The normalized spacial score (nSPS) is 19.6. The zero-order valence-corrected chi connectivity index (χ0v) is 9.68. The first kappa shape index (κ1) is 11.4. The lowest BCUT2D eigenvalue weighted by molar-refractivity contribution is -0.123. The van der Waals surface area contributed by atoms with Gasteiger partial charge in [0.15, 0.2) is 0 Å². The zero-order chi connectivity index (χ0) is 12.3. The van der Waals surface area contributed by atoms with E-state index >= 15 is 0 Å². The summed E-state index contributed by atoms with van der Waals surface area (Å²) in [5.41, 5.74) is 1.31. The minimum Gasteiger partial charge on any atom is -0.355 e. The van der Waals surface area contributed by atoms with Gasteiger partial charge >= 0.3 is 0 Å². The summed E-state index contributed by atoms with van der Waals surface area (Å²) >= 11 is 0. The molecule has 0 spiro atoms. The zero-order valence-electron chi connectivity index (χ0n) is 9.68. The standard InChI is InChI=1S/C12H14N4O/c1-2-10-12(17)15-5-6-16(10)11-8-14-4-3-9(11)7-13/h3-4,8,10H,2,5-6H2,1H3,(H,15,17). The van der Waals surface area contributed by atoms with Gasteiger partial charge in [-0.2, -0.15) is 5.26 Å². The topological polar surface area (TPSA) is 69.0 Å². The van der Waals surface area contributed by atoms with E-state index in [2.05, 4.69) is 16.4 Å². The van der Waals surface area contributed by atoms with Crippen LogP contribution in [0.25, 0.3) is 0 Å². The number of aromatic nitrogens is 1. The number of carbonyl (C=O) groups is 1. The lowest BCUT2D eigenvalue weighted by Crippen LogP contribution is -2.55. The van der Waals surface area contributed by atoms with Gasteiger partial charge in [0.2, 0.25) is 5.91 Å². The summed E-state index contributed by atoms with van der Waals surface area (Å²) in [7, 11) is 0. The Kier molecular flexibility index (Phi) is 3.24. The molecule has 0 aromatic carbocycles. The summed E-state index contributed by atoms with van der Waals surface area (Å²) in [6, 6.07) is 3.61. The van der Waals surface area contributed by atoms with Gasteiger partial charge in [-0.05, 0) is 12.5 Å². The molecule has 2 rings (SSSR count). The Bertz CT molecular complexity index is 466. The molecule has 0 saturated carbocycles. The summed E-state index contributed by atoms with van der Waals surface area (Å²) in [6.07, 6.45) is 3.96. The van der Waals surface area contributed by atoms with Gasteiger partial charge in [0.1, 0.15) is 12.1 Å². The molecule has 1 aliphatic rings. The van der Waals surface area contributed by atoms with E-state index in [1.807, 2.05) is 11.8 Å². The first-order valence-corrected chi connectivity index (χ1v) is 5.66. The Morgan fingerprint density at radius 3 is 3.24 bits per heavy atom. The molecule has 17 heavy (non-hydrogen) atoms.